The molecule has 28 nitrogen and oxygen atoms in total. The minimum atomic E-state index is -0.492. The number of halogens is 6. The Kier molecular flexibility index (Phi) is 34.5. The van der Waals surface area contributed by atoms with E-state index in [0.717, 1.165) is 38.5 Å². The van der Waals surface area contributed by atoms with Crippen LogP contribution in [0.15, 0.2) is 12.4 Å². The van der Waals surface area contributed by atoms with Gasteiger partial charge in [-0.2, -0.15) is 0 Å². The molecule has 2 heterocycles. The molecule has 103 heavy (non-hydrogen) atoms. The molecule has 0 spiro atoms. The molecule has 10 rings (SSSR count). The molecule has 0 unspecified atom stereocenters. The summed E-state index contributed by atoms with van der Waals surface area (Å²) in [4.78, 5) is 104. The maximum absolute atomic E-state index is 13.5. The zero-order chi connectivity index (χ0) is 69.7. The molecule has 0 aliphatic heterocycles. The highest BCUT2D eigenvalue weighted by atomic mass is 35.5. The molecule has 0 aromatic carbocycles. The smallest absolute Gasteiger partial charge is 0.319 e. The number of ether oxygens (including phenoxy) is 6. The average molecular weight is 1580 g/mol. The Bertz CT molecular complexity index is 2970. The molecule has 14 N–H and O–H groups in total. The van der Waals surface area contributed by atoms with E-state index in [9.17, 15) is 38.4 Å². The molecule has 8 aliphatic rings. The number of carbonyl (C=O) groups is 8. The van der Waals surface area contributed by atoms with Crippen LogP contribution in [-0.2, 0) is 93.0 Å². The summed E-state index contributed by atoms with van der Waals surface area (Å²) in [7, 11) is 0. The van der Waals surface area contributed by atoms with Crippen LogP contribution in [0.25, 0.3) is 0 Å². The lowest BCUT2D eigenvalue weighted by Gasteiger charge is -2.64. The Morgan fingerprint density at radius 1 is 0.466 bits per heavy atom. The maximum atomic E-state index is 13.5. The molecule has 0 radical (unpaired) electrons. The first-order chi connectivity index (χ1) is 46.3. The summed E-state index contributed by atoms with van der Waals surface area (Å²) in [6.45, 7) is 13.5. The van der Waals surface area contributed by atoms with Gasteiger partial charge < -0.3 is 73.5 Å². The Balaban J connectivity index is 0.00000375. The molecular weight excluding hydrogens is 1460 g/mol. The van der Waals surface area contributed by atoms with Gasteiger partial charge in [0, 0.05) is 48.6 Å². The van der Waals surface area contributed by atoms with Crippen LogP contribution >= 0.6 is 74.4 Å². The second kappa shape index (κ2) is 39.1. The summed E-state index contributed by atoms with van der Waals surface area (Å²) in [6.07, 6.45) is 13.8. The van der Waals surface area contributed by atoms with Gasteiger partial charge in [0.15, 0.2) is 0 Å². The Hall–Kier alpha value is -4.46. The first-order valence-corrected chi connectivity index (χ1v) is 36.0. The number of fused-ring (bicyclic) bond motifs is 10. The molecule has 0 saturated heterocycles. The number of hydrogen-bond acceptors (Lipinski definition) is 24. The molecule has 8 aliphatic carbocycles. The van der Waals surface area contributed by atoms with Crippen LogP contribution in [0.1, 0.15) is 175 Å². The largest absolute Gasteiger partial charge is 0.461 e. The van der Waals surface area contributed by atoms with Crippen molar-refractivity contribution in [3.8, 4) is 0 Å². The van der Waals surface area contributed by atoms with Crippen LogP contribution in [0, 0.1) is 92.7 Å². The second-order valence-corrected chi connectivity index (χ2v) is 30.9. The van der Waals surface area contributed by atoms with E-state index in [2.05, 4.69) is 72.8 Å². The van der Waals surface area contributed by atoms with Crippen LogP contribution in [0.3, 0.4) is 0 Å². The maximum Gasteiger partial charge on any atom is 0.319 e. The number of hydrogen-bond donors (Lipinski definition) is 8. The minimum Gasteiger partial charge on any atom is -0.461 e. The van der Waals surface area contributed by atoms with Crippen LogP contribution < -0.4 is 45.0 Å². The third kappa shape index (κ3) is 19.5. The Morgan fingerprint density at radius 2 is 0.806 bits per heavy atom. The molecule has 34 heteroatoms. The first-order valence-electron chi connectivity index (χ1n) is 36.0. The van der Waals surface area contributed by atoms with E-state index < -0.39 is 71.1 Å². The number of aromatic nitrogens is 6. The van der Waals surface area contributed by atoms with E-state index in [1.807, 2.05) is 12.4 Å². The van der Waals surface area contributed by atoms with Crippen LogP contribution in [0.2, 0.25) is 0 Å². The highest BCUT2D eigenvalue weighted by Gasteiger charge is 2.70. The SMILES string of the molecule is C[C@H](CCC(=O)NCc1cn(CCCn2cc(CNC(=O)CC[C@@H](C)[C@H]3CC[C@H]4[C@@H]5[C@H](OC(=O)CN)C[C@@H]6C[C@H](OC(=O)CN)CC[C@]6(C)[C@H]5C[C@H](OC(=O)CN)[C@]34C)nn2)nn1)[C@H]1CC[C@H]2[C@@H]3[C@H](OC(=O)CN)C[C@@H]4C[C@H](OC(=O)CN)CC[C@]4(C)[C@H]3C[C@H](OC(=O)CN)[C@]12C.Cl.Cl.Cl.Cl.Cl.Cl. The van der Waals surface area contributed by atoms with Crippen molar-refractivity contribution in [3.05, 3.63) is 23.8 Å². The standard InChI is InChI=1S/C69H110N14O14.6ClH/c1-38(46-10-12-48-64-50(26-54(68(46,48)5)96-62(90)32-74)66(3)18-16-44(92-58(86)28-70)22-40(66)24-52(64)94-60(88)30-72)8-14-56(84)76-34-42-36-82(80-78-42)20-7-21-83-37-43(79-81-83)35-77-57(85)15-9-39(2)47-11-13-49-65-51(27-55(69(47,49)6)97-63(91)33-75)67(4)19-17-45(93-59(87)29-71)23-41(67)25-53(65)95-61(89)31-73;;;;;;/h36-41,44-55,64-65H,7-35,70-75H2,1-6H3,(H,76,84)(H,77,85);6*1H/t38-,39-,40+,41+,44-,45-,46-,47-,48+,49+,50+,51+,52-,53-,54+,55+,64+,65+,66+,67+,68-,69-;;;;;;/m1....../s1. The lowest BCUT2D eigenvalue weighted by Crippen LogP contribution is -2.63. The monoisotopic (exact) mass is 1570 g/mol. The zero-order valence-electron chi connectivity index (χ0n) is 60.4. The van der Waals surface area contributed by atoms with E-state index in [4.69, 9.17) is 62.8 Å². The predicted molar refractivity (Wildman–Crippen MR) is 394 cm³/mol. The van der Waals surface area contributed by atoms with Gasteiger partial charge in [-0.15, -0.1) is 84.6 Å². The van der Waals surface area contributed by atoms with Crippen LogP contribution in [-0.4, -0.2) is 154 Å². The third-order valence-corrected chi connectivity index (χ3v) is 26.1. The van der Waals surface area contributed by atoms with E-state index in [0.29, 0.717) is 95.1 Å². The summed E-state index contributed by atoms with van der Waals surface area (Å²) in [6, 6.07) is 0. The number of aryl methyl sites for hydroxylation is 2. The normalized spacial score (nSPS) is 34.0. The molecule has 8 fully saturated rings. The fraction of sp³-hybridized carbons (Fsp3) is 0.826. The highest BCUT2D eigenvalue weighted by Crippen LogP contribution is 2.71. The summed E-state index contributed by atoms with van der Waals surface area (Å²) in [5, 5.41) is 23.3. The Morgan fingerprint density at radius 3 is 1.16 bits per heavy atom. The van der Waals surface area contributed by atoms with E-state index in [1.54, 1.807) is 9.36 Å². The van der Waals surface area contributed by atoms with Gasteiger partial charge in [0.25, 0.3) is 0 Å². The first kappa shape index (κ1) is 90.9. The van der Waals surface area contributed by atoms with Gasteiger partial charge in [0.2, 0.25) is 11.8 Å². The van der Waals surface area contributed by atoms with Gasteiger partial charge in [-0.25, -0.2) is 0 Å². The number of carbonyl (C=O) groups excluding carboxylic acids is 8. The zero-order valence-corrected chi connectivity index (χ0v) is 65.3. The molecule has 2 aromatic rings. The van der Waals surface area contributed by atoms with Crippen molar-refractivity contribution >= 4 is 122 Å². The summed E-state index contributed by atoms with van der Waals surface area (Å²) in [5.41, 5.74) is 34.6. The molecule has 2 aromatic heterocycles. The van der Waals surface area contributed by atoms with Crippen molar-refractivity contribution < 1.29 is 66.8 Å². The minimum absolute atomic E-state index is 0. The fourth-order valence-corrected chi connectivity index (χ4v) is 21.4. The van der Waals surface area contributed by atoms with Crippen LogP contribution in [0.4, 0.5) is 0 Å². The van der Waals surface area contributed by atoms with Gasteiger partial charge in [-0.05, 0) is 179 Å². The van der Waals surface area contributed by atoms with E-state index >= 15 is 0 Å². The van der Waals surface area contributed by atoms with Gasteiger partial charge in [-0.3, -0.25) is 47.7 Å². The van der Waals surface area contributed by atoms with E-state index in [-0.39, 0.29) is 246 Å². The van der Waals surface area contributed by atoms with Gasteiger partial charge in [0.05, 0.1) is 64.8 Å². The van der Waals surface area contributed by atoms with Crippen LogP contribution in [0.5, 0.6) is 0 Å². The number of nitrogens with one attached hydrogen (secondary N) is 2. The quantitative estimate of drug-likeness (QED) is 0.0383. The molecular formula is C69H116Cl6N14O14. The lowest BCUT2D eigenvalue weighted by molar-refractivity contribution is -0.225. The molecule has 588 valence electrons. The molecule has 2 amide bonds. The number of rotatable bonds is 28. The van der Waals surface area contributed by atoms with Gasteiger partial charge >= 0.3 is 35.8 Å². The Labute approximate surface area is 642 Å². The van der Waals surface area contributed by atoms with E-state index in [1.165, 1.54) is 0 Å². The van der Waals surface area contributed by atoms with Crippen molar-refractivity contribution in [1.29, 1.82) is 0 Å². The van der Waals surface area contributed by atoms with Crippen molar-refractivity contribution in [1.82, 2.24) is 40.6 Å². The topological polar surface area (TPSA) is 434 Å². The van der Waals surface area contributed by atoms with Gasteiger partial charge in [-0.1, -0.05) is 52.0 Å². The lowest BCUT2D eigenvalue weighted by atomic mass is 9.43. The average Bonchev–Trinajstić information content (AvgIpc) is 1.68. The summed E-state index contributed by atoms with van der Waals surface area (Å²) >= 11 is 0. The molecule has 0 bridgehead atoms. The summed E-state index contributed by atoms with van der Waals surface area (Å²) < 4.78 is 40.3. The molecule has 22 atom stereocenters. The summed E-state index contributed by atoms with van der Waals surface area (Å²) in [5.74, 6) is -2.29. The number of nitrogens with zero attached hydrogens (tertiary/aromatic N) is 6. The van der Waals surface area contributed by atoms with Crippen molar-refractivity contribution in [2.75, 3.05) is 39.3 Å². The fourth-order valence-electron chi connectivity index (χ4n) is 21.4. The van der Waals surface area contributed by atoms with Crippen molar-refractivity contribution in [3.63, 3.8) is 0 Å². The second-order valence-electron chi connectivity index (χ2n) is 30.9. The predicted octanol–water partition coefficient (Wildman–Crippen LogP) is 5.54. The third-order valence-electron chi connectivity index (χ3n) is 26.1. The number of amides is 2. The van der Waals surface area contributed by atoms with Gasteiger partial charge in [0.1, 0.15) is 48.0 Å². The van der Waals surface area contributed by atoms with Crippen molar-refractivity contribution in [2.24, 2.45) is 127 Å². The number of esters is 6. The number of nitrogens with two attached hydrogens (primary N) is 6. The van der Waals surface area contributed by atoms with Crippen molar-refractivity contribution in [2.45, 2.75) is 226 Å². The molecule has 8 saturated carbocycles. The highest BCUT2D eigenvalue weighted by molar-refractivity contribution is 5.86.